The highest BCUT2D eigenvalue weighted by atomic mass is 32.1. The smallest absolute Gasteiger partial charge is 0.149 e. The molecule has 0 spiro atoms. The van der Waals surface area contributed by atoms with E-state index in [1.165, 1.54) is 11.1 Å². The number of halogens is 2. The molecule has 0 unspecified atom stereocenters. The summed E-state index contributed by atoms with van der Waals surface area (Å²) in [5.41, 5.74) is 0.634. The zero-order valence-corrected chi connectivity index (χ0v) is 11.4. The first-order chi connectivity index (χ1) is 9.75. The van der Waals surface area contributed by atoms with Gasteiger partial charge in [-0.25, -0.2) is 8.78 Å². The lowest BCUT2D eigenvalue weighted by atomic mass is 10.1. The maximum atomic E-state index is 13.9. The van der Waals surface area contributed by atoms with Crippen molar-refractivity contribution in [2.45, 2.75) is 6.42 Å². The Kier molecular flexibility index (Phi) is 3.60. The molecule has 102 valence electrons. The van der Waals surface area contributed by atoms with Crippen molar-refractivity contribution in [3.8, 4) is 0 Å². The normalized spacial score (nSPS) is 10.9. The highest BCUT2D eigenvalue weighted by Crippen LogP contribution is 2.26. The van der Waals surface area contributed by atoms with Crippen LogP contribution in [0.5, 0.6) is 0 Å². The van der Waals surface area contributed by atoms with Gasteiger partial charge in [0.25, 0.3) is 0 Å². The lowest BCUT2D eigenvalue weighted by molar-refractivity contribution is 0.615. The predicted molar refractivity (Wildman–Crippen MR) is 78.2 cm³/mol. The monoisotopic (exact) mass is 290 g/mol. The summed E-state index contributed by atoms with van der Waals surface area (Å²) in [7, 11) is 0. The number of pyridine rings is 1. The molecule has 2 aromatic heterocycles. The second kappa shape index (κ2) is 5.54. The van der Waals surface area contributed by atoms with E-state index in [-0.39, 0.29) is 10.9 Å². The molecule has 0 radical (unpaired) electrons. The van der Waals surface area contributed by atoms with E-state index >= 15 is 0 Å². The highest BCUT2D eigenvalue weighted by molar-refractivity contribution is 7.09. The van der Waals surface area contributed by atoms with Crippen molar-refractivity contribution in [1.82, 2.24) is 4.98 Å². The van der Waals surface area contributed by atoms with Gasteiger partial charge >= 0.3 is 0 Å². The van der Waals surface area contributed by atoms with Crippen LogP contribution in [0.4, 0.5) is 14.5 Å². The van der Waals surface area contributed by atoms with E-state index in [1.807, 2.05) is 11.4 Å². The maximum Gasteiger partial charge on any atom is 0.149 e. The molecule has 0 atom stereocenters. The molecular weight excluding hydrogens is 278 g/mol. The lowest BCUT2D eigenvalue weighted by Crippen LogP contribution is -2.05. The van der Waals surface area contributed by atoms with Crippen molar-refractivity contribution in [3.63, 3.8) is 0 Å². The number of nitrogens with one attached hydrogen (secondary N) is 1. The van der Waals surface area contributed by atoms with Crippen LogP contribution in [-0.4, -0.2) is 11.5 Å². The van der Waals surface area contributed by atoms with Crippen molar-refractivity contribution in [2.75, 3.05) is 11.9 Å². The third-order valence-electron chi connectivity index (χ3n) is 3.06. The van der Waals surface area contributed by atoms with Crippen LogP contribution in [0.25, 0.3) is 10.9 Å². The zero-order chi connectivity index (χ0) is 13.9. The van der Waals surface area contributed by atoms with Crippen LogP contribution in [0.1, 0.15) is 4.88 Å². The van der Waals surface area contributed by atoms with Crippen LogP contribution < -0.4 is 5.32 Å². The molecule has 0 aliphatic heterocycles. The molecular formula is C15H12F2N2S. The number of hydrogen-bond donors (Lipinski definition) is 1. The van der Waals surface area contributed by atoms with Crippen molar-refractivity contribution >= 4 is 27.9 Å². The summed E-state index contributed by atoms with van der Waals surface area (Å²) >= 11 is 1.68. The second-order valence-corrected chi connectivity index (χ2v) is 5.40. The Morgan fingerprint density at radius 1 is 1.10 bits per heavy atom. The van der Waals surface area contributed by atoms with Crippen molar-refractivity contribution in [1.29, 1.82) is 0 Å². The molecule has 0 aliphatic carbocycles. The predicted octanol–water partition coefficient (Wildman–Crippen LogP) is 4.23. The van der Waals surface area contributed by atoms with Crippen LogP contribution in [0.15, 0.2) is 41.9 Å². The van der Waals surface area contributed by atoms with Gasteiger partial charge in [0, 0.05) is 23.3 Å². The Bertz CT molecular complexity index is 726. The first-order valence-corrected chi connectivity index (χ1v) is 7.12. The Balaban J connectivity index is 1.86. The molecule has 5 heteroatoms. The molecule has 1 N–H and O–H groups in total. The van der Waals surface area contributed by atoms with Crippen molar-refractivity contribution < 1.29 is 8.78 Å². The number of hydrogen-bond acceptors (Lipinski definition) is 3. The molecule has 3 rings (SSSR count). The van der Waals surface area contributed by atoms with Crippen LogP contribution in [0.2, 0.25) is 0 Å². The first-order valence-electron chi connectivity index (χ1n) is 6.24. The van der Waals surface area contributed by atoms with Gasteiger partial charge < -0.3 is 5.32 Å². The Labute approximate surface area is 119 Å². The van der Waals surface area contributed by atoms with Gasteiger partial charge in [0.05, 0.1) is 5.39 Å². The van der Waals surface area contributed by atoms with Crippen molar-refractivity contribution in [3.05, 3.63) is 58.4 Å². The number of thiophene rings is 1. The number of aromatic nitrogens is 1. The molecule has 0 amide bonds. The molecule has 3 aromatic rings. The molecule has 0 saturated carbocycles. The van der Waals surface area contributed by atoms with Gasteiger partial charge in [-0.2, -0.15) is 0 Å². The van der Waals surface area contributed by atoms with Gasteiger partial charge in [-0.15, -0.1) is 11.3 Å². The molecule has 0 bridgehead atoms. The van der Waals surface area contributed by atoms with Crippen LogP contribution >= 0.6 is 11.3 Å². The fourth-order valence-electron chi connectivity index (χ4n) is 2.12. The zero-order valence-electron chi connectivity index (χ0n) is 10.6. The number of benzene rings is 1. The average Bonchev–Trinajstić information content (AvgIpc) is 2.96. The summed E-state index contributed by atoms with van der Waals surface area (Å²) in [5, 5.41) is 5.38. The van der Waals surface area contributed by atoms with Gasteiger partial charge in [0.2, 0.25) is 0 Å². The summed E-state index contributed by atoms with van der Waals surface area (Å²) in [6, 6.07) is 7.94. The summed E-state index contributed by atoms with van der Waals surface area (Å²) in [6.07, 6.45) is 2.33. The minimum Gasteiger partial charge on any atom is -0.384 e. The van der Waals surface area contributed by atoms with E-state index in [0.717, 1.165) is 18.6 Å². The summed E-state index contributed by atoms with van der Waals surface area (Å²) in [6.45, 7) is 0.662. The van der Waals surface area contributed by atoms with Crippen LogP contribution in [-0.2, 0) is 6.42 Å². The number of nitrogens with zero attached hydrogens (tertiary/aromatic N) is 1. The van der Waals surface area contributed by atoms with Gasteiger partial charge in [-0.05, 0) is 36.1 Å². The van der Waals surface area contributed by atoms with E-state index in [4.69, 9.17) is 0 Å². The second-order valence-electron chi connectivity index (χ2n) is 4.37. The summed E-state index contributed by atoms with van der Waals surface area (Å²) in [4.78, 5) is 5.16. The Morgan fingerprint density at radius 2 is 1.95 bits per heavy atom. The first kappa shape index (κ1) is 13.0. The van der Waals surface area contributed by atoms with E-state index in [9.17, 15) is 8.78 Å². The summed E-state index contributed by atoms with van der Waals surface area (Å²) in [5.74, 6) is -0.976. The van der Waals surface area contributed by atoms with Crippen LogP contribution in [0.3, 0.4) is 0 Å². The van der Waals surface area contributed by atoms with Crippen LogP contribution in [0, 0.1) is 11.6 Å². The number of fused-ring (bicyclic) bond motifs is 1. The van der Waals surface area contributed by atoms with E-state index in [2.05, 4.69) is 16.4 Å². The number of rotatable bonds is 4. The minimum absolute atomic E-state index is 0.0612. The minimum atomic E-state index is -0.511. The number of anilines is 1. The fraction of sp³-hybridized carbons (Fsp3) is 0.133. The summed E-state index contributed by atoms with van der Waals surface area (Å²) < 4.78 is 27.5. The molecule has 0 saturated heterocycles. The maximum absolute atomic E-state index is 13.9. The largest absolute Gasteiger partial charge is 0.384 e. The third-order valence-corrected chi connectivity index (χ3v) is 4.00. The van der Waals surface area contributed by atoms with E-state index < -0.39 is 11.6 Å². The van der Waals surface area contributed by atoms with E-state index in [1.54, 1.807) is 17.4 Å². The Hall–Kier alpha value is -2.01. The van der Waals surface area contributed by atoms with Gasteiger partial charge in [-0.3, -0.25) is 4.98 Å². The van der Waals surface area contributed by atoms with Gasteiger partial charge in [-0.1, -0.05) is 6.07 Å². The van der Waals surface area contributed by atoms with Crippen molar-refractivity contribution in [2.24, 2.45) is 0 Å². The molecule has 20 heavy (non-hydrogen) atoms. The third kappa shape index (κ3) is 2.49. The van der Waals surface area contributed by atoms with Gasteiger partial charge in [0.15, 0.2) is 0 Å². The SMILES string of the molecule is Fc1ccc(F)c2c(NCCc3cccs3)ccnc12. The van der Waals surface area contributed by atoms with E-state index in [0.29, 0.717) is 12.2 Å². The molecule has 2 nitrogen and oxygen atoms in total. The van der Waals surface area contributed by atoms with Gasteiger partial charge in [0.1, 0.15) is 17.2 Å². The standard InChI is InChI=1S/C15H12F2N2S/c16-11-3-4-12(17)15-14(11)13(6-8-19-15)18-7-5-10-2-1-9-20-10/h1-4,6,8-9H,5,7H2,(H,18,19). The Morgan fingerprint density at radius 3 is 2.75 bits per heavy atom. The molecule has 2 heterocycles. The quantitative estimate of drug-likeness (QED) is 0.778. The fourth-order valence-corrected chi connectivity index (χ4v) is 2.82. The molecule has 0 fully saturated rings. The molecule has 1 aromatic carbocycles. The molecule has 0 aliphatic rings. The average molecular weight is 290 g/mol. The topological polar surface area (TPSA) is 24.9 Å². The lowest BCUT2D eigenvalue weighted by Gasteiger charge is -2.10. The highest BCUT2D eigenvalue weighted by Gasteiger charge is 2.11.